The van der Waals surface area contributed by atoms with Gasteiger partial charge in [0.2, 0.25) is 15.7 Å². The molecule has 1 aromatic carbocycles. The molecule has 116 valence electrons. The average molecular weight is 348 g/mol. The van der Waals surface area contributed by atoms with E-state index in [2.05, 4.69) is 4.98 Å². The van der Waals surface area contributed by atoms with Crippen LogP contribution in [0.5, 0.6) is 0 Å². The van der Waals surface area contributed by atoms with Crippen LogP contribution < -0.4 is 0 Å². The average Bonchev–Trinajstić information content (AvgIpc) is 3.18. The lowest BCUT2D eigenvalue weighted by atomic mass is 10.2. The molecule has 0 amide bonds. The molecule has 0 spiro atoms. The number of hydrogen-bond acceptors (Lipinski definition) is 6. The topological polar surface area (TPSA) is 84.0 Å². The van der Waals surface area contributed by atoms with Crippen molar-refractivity contribution < 1.29 is 17.2 Å². The largest absolute Gasteiger partial charge is 0.422 e. The first-order valence-corrected chi connectivity index (χ1v) is 8.95. The van der Waals surface area contributed by atoms with Crippen molar-refractivity contribution in [2.75, 3.05) is 0 Å². The summed E-state index contributed by atoms with van der Waals surface area (Å²) in [5.41, 5.74) is 0.111. The van der Waals surface area contributed by atoms with E-state index in [0.29, 0.717) is 10.4 Å². The van der Waals surface area contributed by atoms with Crippen LogP contribution >= 0.6 is 11.3 Å². The van der Waals surface area contributed by atoms with Crippen LogP contribution in [0.25, 0.3) is 10.8 Å². The van der Waals surface area contributed by atoms with E-state index in [1.54, 1.807) is 23.6 Å². The Kier molecular flexibility index (Phi) is 3.98. The zero-order valence-corrected chi connectivity index (χ0v) is 13.2. The molecular formula is C15H9FN2O3S2. The van der Waals surface area contributed by atoms with Crippen molar-refractivity contribution in [1.82, 2.24) is 4.98 Å². The summed E-state index contributed by atoms with van der Waals surface area (Å²) in [7, 11) is -3.91. The fourth-order valence-corrected chi connectivity index (χ4v) is 3.96. The van der Waals surface area contributed by atoms with Crippen LogP contribution in [0.2, 0.25) is 0 Å². The normalized spacial score (nSPS) is 11.3. The van der Waals surface area contributed by atoms with E-state index in [1.165, 1.54) is 35.6 Å². The Morgan fingerprint density at radius 3 is 2.61 bits per heavy atom. The number of thiophene rings is 1. The molecular weight excluding hydrogens is 339 g/mol. The smallest absolute Gasteiger partial charge is 0.257 e. The van der Waals surface area contributed by atoms with Gasteiger partial charge in [-0.05, 0) is 29.1 Å². The molecule has 0 aliphatic heterocycles. The number of nitriles is 1. The molecule has 0 saturated heterocycles. The summed E-state index contributed by atoms with van der Waals surface area (Å²) in [5, 5.41) is 10.4. The van der Waals surface area contributed by atoms with Gasteiger partial charge in [0.1, 0.15) is 11.9 Å². The first-order chi connectivity index (χ1) is 11.0. The Bertz CT molecular complexity index is 969. The zero-order valence-electron chi connectivity index (χ0n) is 11.6. The molecule has 0 radical (unpaired) electrons. The first-order valence-electron chi connectivity index (χ1n) is 6.41. The van der Waals surface area contributed by atoms with Crippen molar-refractivity contribution >= 4 is 21.2 Å². The lowest BCUT2D eigenvalue weighted by Crippen LogP contribution is -2.05. The second-order valence-corrected chi connectivity index (χ2v) is 7.47. The minimum Gasteiger partial charge on any atom is -0.422 e. The highest BCUT2D eigenvalue weighted by Crippen LogP contribution is 2.29. The monoisotopic (exact) mass is 348 g/mol. The first kappa shape index (κ1) is 15.4. The molecule has 23 heavy (non-hydrogen) atoms. The van der Waals surface area contributed by atoms with Gasteiger partial charge in [0.05, 0.1) is 10.6 Å². The molecule has 0 bridgehead atoms. The Morgan fingerprint density at radius 2 is 2.00 bits per heavy atom. The second-order valence-electron chi connectivity index (χ2n) is 4.63. The summed E-state index contributed by atoms with van der Waals surface area (Å²) < 4.78 is 43.2. The van der Waals surface area contributed by atoms with Gasteiger partial charge in [-0.3, -0.25) is 0 Å². The molecule has 5 nitrogen and oxygen atoms in total. The van der Waals surface area contributed by atoms with Gasteiger partial charge in [0.15, 0.2) is 5.69 Å². The number of oxazole rings is 1. The molecule has 8 heteroatoms. The minimum absolute atomic E-state index is 0.0919. The Morgan fingerprint density at radius 1 is 1.26 bits per heavy atom. The van der Waals surface area contributed by atoms with E-state index in [1.807, 2.05) is 0 Å². The standard InChI is InChI=1S/C15H9FN2O3S2/c16-11-5-3-10(4-6-11)9-23(19,20)15-12(8-17)18-14(21-15)13-2-1-7-22-13/h1-7H,9H2. The second kappa shape index (κ2) is 5.95. The molecule has 2 aromatic heterocycles. The van der Waals surface area contributed by atoms with Crippen LogP contribution in [0.15, 0.2) is 51.3 Å². The molecule has 2 heterocycles. The van der Waals surface area contributed by atoms with Crippen LogP contribution in [-0.2, 0) is 15.6 Å². The lowest BCUT2D eigenvalue weighted by Gasteiger charge is -2.01. The highest BCUT2D eigenvalue weighted by atomic mass is 32.2. The van der Waals surface area contributed by atoms with Gasteiger partial charge in [-0.1, -0.05) is 18.2 Å². The Balaban J connectivity index is 1.99. The highest BCUT2D eigenvalue weighted by Gasteiger charge is 2.27. The number of sulfone groups is 1. The molecule has 0 saturated carbocycles. The molecule has 0 aliphatic carbocycles. The predicted molar refractivity (Wildman–Crippen MR) is 81.8 cm³/mol. The Hall–Kier alpha value is -2.50. The van der Waals surface area contributed by atoms with Crippen molar-refractivity contribution in [3.63, 3.8) is 0 Å². The molecule has 0 atom stereocenters. The van der Waals surface area contributed by atoms with Crippen LogP contribution in [0.3, 0.4) is 0 Å². The summed E-state index contributed by atoms with van der Waals surface area (Å²) >= 11 is 1.32. The summed E-state index contributed by atoms with van der Waals surface area (Å²) in [5.74, 6) is -0.765. The summed E-state index contributed by atoms with van der Waals surface area (Å²) in [6.07, 6.45) is 0. The number of halogens is 1. The van der Waals surface area contributed by atoms with E-state index in [-0.39, 0.29) is 11.6 Å². The van der Waals surface area contributed by atoms with Crippen molar-refractivity contribution in [1.29, 1.82) is 5.26 Å². The van der Waals surface area contributed by atoms with Gasteiger partial charge in [0.25, 0.3) is 5.09 Å². The molecule has 0 unspecified atom stereocenters. The maximum Gasteiger partial charge on any atom is 0.257 e. The van der Waals surface area contributed by atoms with Crippen LogP contribution in [0, 0.1) is 17.1 Å². The molecule has 3 rings (SSSR count). The fraction of sp³-hybridized carbons (Fsp3) is 0.0667. The number of nitrogens with zero attached hydrogens (tertiary/aromatic N) is 2. The molecule has 0 N–H and O–H groups in total. The van der Waals surface area contributed by atoms with Gasteiger partial charge < -0.3 is 4.42 Å². The van der Waals surface area contributed by atoms with Crippen molar-refractivity contribution in [3.05, 3.63) is 58.9 Å². The van der Waals surface area contributed by atoms with Crippen molar-refractivity contribution in [3.8, 4) is 16.8 Å². The van der Waals surface area contributed by atoms with Gasteiger partial charge in [-0.2, -0.15) is 10.2 Å². The van der Waals surface area contributed by atoms with E-state index >= 15 is 0 Å². The van der Waals surface area contributed by atoms with Crippen molar-refractivity contribution in [2.45, 2.75) is 10.8 Å². The summed E-state index contributed by atoms with van der Waals surface area (Å²) in [4.78, 5) is 4.57. The van der Waals surface area contributed by atoms with Crippen LogP contribution in [0.4, 0.5) is 4.39 Å². The Labute approximate surface area is 135 Å². The SMILES string of the molecule is N#Cc1nc(-c2cccs2)oc1S(=O)(=O)Cc1ccc(F)cc1. The molecule has 0 fully saturated rings. The van der Waals surface area contributed by atoms with Crippen molar-refractivity contribution in [2.24, 2.45) is 0 Å². The van der Waals surface area contributed by atoms with E-state index in [9.17, 15) is 12.8 Å². The van der Waals surface area contributed by atoms with Crippen LogP contribution in [0.1, 0.15) is 11.3 Å². The van der Waals surface area contributed by atoms with E-state index < -0.39 is 26.5 Å². The third kappa shape index (κ3) is 3.16. The van der Waals surface area contributed by atoms with E-state index in [4.69, 9.17) is 9.68 Å². The third-order valence-corrected chi connectivity index (χ3v) is 5.40. The van der Waals surface area contributed by atoms with E-state index in [0.717, 1.165) is 0 Å². The van der Waals surface area contributed by atoms with Crippen LogP contribution in [-0.4, -0.2) is 13.4 Å². The number of benzene rings is 1. The van der Waals surface area contributed by atoms with Gasteiger partial charge >= 0.3 is 0 Å². The quantitative estimate of drug-likeness (QED) is 0.721. The fourth-order valence-electron chi connectivity index (χ4n) is 1.96. The molecule has 3 aromatic rings. The molecule has 0 aliphatic rings. The van der Waals surface area contributed by atoms with Gasteiger partial charge in [0, 0.05) is 0 Å². The van der Waals surface area contributed by atoms with Gasteiger partial charge in [-0.15, -0.1) is 11.3 Å². The number of aromatic nitrogens is 1. The maximum absolute atomic E-state index is 12.9. The summed E-state index contributed by atoms with van der Waals surface area (Å²) in [6.45, 7) is 0. The highest BCUT2D eigenvalue weighted by molar-refractivity contribution is 7.90. The zero-order chi connectivity index (χ0) is 16.4. The number of rotatable bonds is 4. The minimum atomic E-state index is -3.91. The maximum atomic E-state index is 12.9. The van der Waals surface area contributed by atoms with Gasteiger partial charge in [-0.25, -0.2) is 12.8 Å². The predicted octanol–water partition coefficient (Wildman–Crippen LogP) is 3.39. The number of hydrogen-bond donors (Lipinski definition) is 0. The lowest BCUT2D eigenvalue weighted by molar-refractivity contribution is 0.458. The third-order valence-electron chi connectivity index (χ3n) is 2.99. The summed E-state index contributed by atoms with van der Waals surface area (Å²) in [6, 6.07) is 10.3.